The highest BCUT2D eigenvalue weighted by Crippen LogP contribution is 2.12. The maximum absolute atomic E-state index is 12.9. The molecule has 0 atom stereocenters. The summed E-state index contributed by atoms with van der Waals surface area (Å²) in [6.07, 6.45) is 1.64. The minimum absolute atomic E-state index is 0.264. The van der Waals surface area contributed by atoms with Crippen LogP contribution in [-0.4, -0.2) is 10.9 Å². The van der Waals surface area contributed by atoms with Gasteiger partial charge < -0.3 is 10.6 Å². The zero-order chi connectivity index (χ0) is 18.4. The second-order valence-electron chi connectivity index (χ2n) is 6.02. The SMILES string of the molecule is Cc1ccccc1CNc1ccc(C(=O)NCc2ccc(F)cc2)nc1. The molecule has 2 N–H and O–H groups in total. The molecular weight excluding hydrogens is 329 g/mol. The summed E-state index contributed by atoms with van der Waals surface area (Å²) in [7, 11) is 0. The fourth-order valence-corrected chi connectivity index (χ4v) is 2.51. The Kier molecular flexibility index (Phi) is 5.59. The summed E-state index contributed by atoms with van der Waals surface area (Å²) in [4.78, 5) is 16.4. The van der Waals surface area contributed by atoms with E-state index in [9.17, 15) is 9.18 Å². The largest absolute Gasteiger partial charge is 0.380 e. The van der Waals surface area contributed by atoms with Gasteiger partial charge in [0.1, 0.15) is 11.5 Å². The van der Waals surface area contributed by atoms with E-state index in [2.05, 4.69) is 34.7 Å². The van der Waals surface area contributed by atoms with Gasteiger partial charge in [-0.3, -0.25) is 4.79 Å². The molecule has 3 aromatic rings. The highest BCUT2D eigenvalue weighted by atomic mass is 19.1. The molecule has 26 heavy (non-hydrogen) atoms. The van der Waals surface area contributed by atoms with Crippen LogP contribution in [0.1, 0.15) is 27.2 Å². The number of aromatic nitrogens is 1. The van der Waals surface area contributed by atoms with Gasteiger partial charge in [-0.25, -0.2) is 9.37 Å². The predicted molar refractivity (Wildman–Crippen MR) is 100 cm³/mol. The van der Waals surface area contributed by atoms with Crippen LogP contribution in [0, 0.1) is 12.7 Å². The Hall–Kier alpha value is -3.21. The zero-order valence-corrected chi connectivity index (χ0v) is 14.5. The Bertz CT molecular complexity index is 877. The van der Waals surface area contributed by atoms with E-state index in [0.717, 1.165) is 11.3 Å². The summed E-state index contributed by atoms with van der Waals surface area (Å²) in [5.74, 6) is -0.560. The lowest BCUT2D eigenvalue weighted by Gasteiger charge is -2.09. The molecule has 1 amide bonds. The Morgan fingerprint density at radius 3 is 2.46 bits per heavy atom. The predicted octanol–water partition coefficient (Wildman–Crippen LogP) is 4.07. The van der Waals surface area contributed by atoms with E-state index in [1.807, 2.05) is 18.2 Å². The highest BCUT2D eigenvalue weighted by Gasteiger charge is 2.07. The van der Waals surface area contributed by atoms with E-state index in [4.69, 9.17) is 0 Å². The van der Waals surface area contributed by atoms with Gasteiger partial charge in [-0.15, -0.1) is 0 Å². The lowest BCUT2D eigenvalue weighted by atomic mass is 10.1. The Balaban J connectivity index is 1.54. The first kappa shape index (κ1) is 17.6. The van der Waals surface area contributed by atoms with Gasteiger partial charge in [0.25, 0.3) is 5.91 Å². The molecule has 0 aliphatic carbocycles. The number of hydrogen-bond donors (Lipinski definition) is 2. The van der Waals surface area contributed by atoms with Crippen molar-refractivity contribution in [2.75, 3.05) is 5.32 Å². The molecule has 2 aromatic carbocycles. The number of halogens is 1. The fraction of sp³-hybridized carbons (Fsp3) is 0.143. The summed E-state index contributed by atoms with van der Waals surface area (Å²) in [5.41, 5.74) is 4.46. The third-order valence-corrected chi connectivity index (χ3v) is 4.11. The third kappa shape index (κ3) is 4.66. The van der Waals surface area contributed by atoms with Crippen molar-refractivity contribution in [1.29, 1.82) is 0 Å². The number of pyridine rings is 1. The number of anilines is 1. The van der Waals surface area contributed by atoms with E-state index >= 15 is 0 Å². The molecule has 0 aliphatic rings. The monoisotopic (exact) mass is 349 g/mol. The number of hydrogen-bond acceptors (Lipinski definition) is 3. The topological polar surface area (TPSA) is 54.0 Å². The number of nitrogens with one attached hydrogen (secondary N) is 2. The highest BCUT2D eigenvalue weighted by molar-refractivity contribution is 5.92. The van der Waals surface area contributed by atoms with Crippen molar-refractivity contribution in [2.45, 2.75) is 20.0 Å². The maximum atomic E-state index is 12.9. The molecule has 0 unspecified atom stereocenters. The molecule has 1 aromatic heterocycles. The number of rotatable bonds is 6. The van der Waals surface area contributed by atoms with Crippen LogP contribution in [-0.2, 0) is 13.1 Å². The van der Waals surface area contributed by atoms with E-state index in [0.29, 0.717) is 18.8 Å². The van der Waals surface area contributed by atoms with Gasteiger partial charge in [0.05, 0.1) is 11.9 Å². The summed E-state index contributed by atoms with van der Waals surface area (Å²) >= 11 is 0. The minimum atomic E-state index is -0.296. The maximum Gasteiger partial charge on any atom is 0.270 e. The van der Waals surface area contributed by atoms with Gasteiger partial charge in [-0.2, -0.15) is 0 Å². The molecule has 1 heterocycles. The molecule has 5 heteroatoms. The van der Waals surface area contributed by atoms with E-state index in [1.165, 1.54) is 23.3 Å². The van der Waals surface area contributed by atoms with Crippen LogP contribution in [0.2, 0.25) is 0 Å². The van der Waals surface area contributed by atoms with E-state index in [-0.39, 0.29) is 11.7 Å². The summed E-state index contributed by atoms with van der Waals surface area (Å²) < 4.78 is 12.9. The molecule has 0 saturated heterocycles. The normalized spacial score (nSPS) is 10.4. The zero-order valence-electron chi connectivity index (χ0n) is 14.5. The molecule has 0 bridgehead atoms. The molecule has 132 valence electrons. The van der Waals surface area contributed by atoms with E-state index in [1.54, 1.807) is 24.4 Å². The Labute approximate surface area is 152 Å². The van der Waals surface area contributed by atoms with E-state index < -0.39 is 0 Å². The van der Waals surface area contributed by atoms with Gasteiger partial charge in [-0.05, 0) is 47.9 Å². The Morgan fingerprint density at radius 1 is 1.00 bits per heavy atom. The van der Waals surface area contributed by atoms with Crippen LogP contribution in [0.25, 0.3) is 0 Å². The fourth-order valence-electron chi connectivity index (χ4n) is 2.51. The van der Waals surface area contributed by atoms with Crippen LogP contribution < -0.4 is 10.6 Å². The van der Waals surface area contributed by atoms with Gasteiger partial charge in [0.2, 0.25) is 0 Å². The first-order valence-electron chi connectivity index (χ1n) is 8.39. The van der Waals surface area contributed by atoms with Gasteiger partial charge in [-0.1, -0.05) is 36.4 Å². The van der Waals surface area contributed by atoms with Crippen LogP contribution in [0.4, 0.5) is 10.1 Å². The van der Waals surface area contributed by atoms with Gasteiger partial charge in [0, 0.05) is 13.1 Å². The summed E-state index contributed by atoms with van der Waals surface area (Å²) in [6.45, 7) is 3.10. The number of amides is 1. The molecule has 0 fully saturated rings. The standard InChI is InChI=1S/C21H20FN3O/c1-15-4-2-3-5-17(15)13-23-19-10-11-20(24-14-19)21(26)25-12-16-6-8-18(22)9-7-16/h2-11,14,23H,12-13H2,1H3,(H,25,26). The van der Waals surface area contributed by atoms with Crippen LogP contribution in [0.5, 0.6) is 0 Å². The van der Waals surface area contributed by atoms with Crippen molar-refractivity contribution in [1.82, 2.24) is 10.3 Å². The number of nitrogens with zero attached hydrogens (tertiary/aromatic N) is 1. The first-order chi connectivity index (χ1) is 12.6. The molecule has 0 spiro atoms. The number of carbonyl (C=O) groups is 1. The molecule has 0 radical (unpaired) electrons. The summed E-state index contributed by atoms with van der Waals surface area (Å²) in [5, 5.41) is 6.08. The number of aryl methyl sites for hydroxylation is 1. The van der Waals surface area contributed by atoms with Crippen LogP contribution >= 0.6 is 0 Å². The van der Waals surface area contributed by atoms with Crippen LogP contribution in [0.15, 0.2) is 66.9 Å². The second-order valence-corrected chi connectivity index (χ2v) is 6.02. The van der Waals surface area contributed by atoms with Crippen LogP contribution in [0.3, 0.4) is 0 Å². The smallest absolute Gasteiger partial charge is 0.270 e. The lowest BCUT2D eigenvalue weighted by molar-refractivity contribution is 0.0946. The quantitative estimate of drug-likeness (QED) is 0.705. The van der Waals surface area contributed by atoms with Crippen molar-refractivity contribution >= 4 is 11.6 Å². The van der Waals surface area contributed by atoms with Crippen molar-refractivity contribution < 1.29 is 9.18 Å². The molecule has 0 aliphatic heterocycles. The third-order valence-electron chi connectivity index (χ3n) is 4.11. The average molecular weight is 349 g/mol. The molecular formula is C21H20FN3O. The summed E-state index contributed by atoms with van der Waals surface area (Å²) in [6, 6.07) is 17.7. The van der Waals surface area contributed by atoms with Gasteiger partial charge in [0.15, 0.2) is 0 Å². The van der Waals surface area contributed by atoms with Crippen molar-refractivity contribution in [3.8, 4) is 0 Å². The number of benzene rings is 2. The molecule has 4 nitrogen and oxygen atoms in total. The van der Waals surface area contributed by atoms with Crippen molar-refractivity contribution in [3.05, 3.63) is 95.1 Å². The van der Waals surface area contributed by atoms with Gasteiger partial charge >= 0.3 is 0 Å². The van der Waals surface area contributed by atoms with Crippen molar-refractivity contribution in [3.63, 3.8) is 0 Å². The van der Waals surface area contributed by atoms with Crippen molar-refractivity contribution in [2.24, 2.45) is 0 Å². The number of carbonyl (C=O) groups excluding carboxylic acids is 1. The first-order valence-corrected chi connectivity index (χ1v) is 8.39. The molecule has 3 rings (SSSR count). The lowest BCUT2D eigenvalue weighted by Crippen LogP contribution is -2.23. The Morgan fingerprint density at radius 2 is 1.77 bits per heavy atom. The second kappa shape index (κ2) is 8.25. The molecule has 0 saturated carbocycles. The average Bonchev–Trinajstić information content (AvgIpc) is 2.67. The minimum Gasteiger partial charge on any atom is -0.380 e.